The topological polar surface area (TPSA) is 84.4 Å². The molecule has 1 aromatic heterocycles. The number of rotatable bonds is 7. The third-order valence-corrected chi connectivity index (χ3v) is 4.50. The SMILES string of the molecule is Cc1ccc(C)c(NC(=O)C(OC(=O)CN(C)c2ncccn2)c2ccccc2)c1. The van der Waals surface area contributed by atoms with E-state index in [0.29, 0.717) is 17.2 Å². The smallest absolute Gasteiger partial charge is 0.326 e. The van der Waals surface area contributed by atoms with Gasteiger partial charge in [0.05, 0.1) is 0 Å². The first-order valence-corrected chi connectivity index (χ1v) is 9.55. The number of likely N-dealkylation sites (N-methyl/N-ethyl adjacent to an activating group) is 1. The zero-order chi connectivity index (χ0) is 21.5. The molecular weight excluding hydrogens is 380 g/mol. The van der Waals surface area contributed by atoms with Gasteiger partial charge in [0.25, 0.3) is 5.91 Å². The minimum absolute atomic E-state index is 0.0932. The van der Waals surface area contributed by atoms with Gasteiger partial charge in [0.1, 0.15) is 6.54 Å². The quantitative estimate of drug-likeness (QED) is 0.607. The van der Waals surface area contributed by atoms with Gasteiger partial charge in [0.15, 0.2) is 0 Å². The fourth-order valence-electron chi connectivity index (χ4n) is 2.89. The molecule has 0 aliphatic rings. The molecule has 0 saturated heterocycles. The number of aromatic nitrogens is 2. The molecule has 0 spiro atoms. The Bertz CT molecular complexity index is 1010. The largest absolute Gasteiger partial charge is 0.446 e. The Labute approximate surface area is 175 Å². The first-order chi connectivity index (χ1) is 14.4. The minimum atomic E-state index is -1.08. The fourth-order valence-corrected chi connectivity index (χ4v) is 2.89. The number of aryl methyl sites for hydroxylation is 2. The van der Waals surface area contributed by atoms with Crippen LogP contribution in [-0.2, 0) is 14.3 Å². The molecule has 3 aromatic rings. The number of carbonyl (C=O) groups excluding carboxylic acids is 2. The van der Waals surface area contributed by atoms with E-state index in [-0.39, 0.29) is 6.54 Å². The van der Waals surface area contributed by atoms with Gasteiger partial charge in [0.2, 0.25) is 12.1 Å². The second-order valence-corrected chi connectivity index (χ2v) is 6.99. The summed E-state index contributed by atoms with van der Waals surface area (Å²) in [6.45, 7) is 3.77. The number of amides is 1. The Morgan fingerprint density at radius 3 is 2.43 bits per heavy atom. The average Bonchev–Trinajstić information content (AvgIpc) is 2.75. The first kappa shape index (κ1) is 21.0. The summed E-state index contributed by atoms with van der Waals surface area (Å²) in [6, 6.07) is 16.4. The summed E-state index contributed by atoms with van der Waals surface area (Å²) in [7, 11) is 1.68. The maximum absolute atomic E-state index is 13.0. The van der Waals surface area contributed by atoms with Crippen LogP contribution >= 0.6 is 0 Å². The zero-order valence-electron chi connectivity index (χ0n) is 17.2. The number of carbonyl (C=O) groups is 2. The van der Waals surface area contributed by atoms with Crippen LogP contribution in [0.25, 0.3) is 0 Å². The average molecular weight is 404 g/mol. The van der Waals surface area contributed by atoms with E-state index in [1.165, 1.54) is 0 Å². The maximum atomic E-state index is 13.0. The van der Waals surface area contributed by atoms with Crippen molar-refractivity contribution in [3.8, 4) is 0 Å². The molecule has 0 radical (unpaired) electrons. The number of hydrogen-bond donors (Lipinski definition) is 1. The summed E-state index contributed by atoms with van der Waals surface area (Å²) in [5, 5.41) is 2.89. The van der Waals surface area contributed by atoms with Crippen LogP contribution in [0.3, 0.4) is 0 Å². The molecule has 0 aliphatic heterocycles. The Morgan fingerprint density at radius 1 is 1.03 bits per heavy atom. The van der Waals surface area contributed by atoms with Gasteiger partial charge in [-0.05, 0) is 37.1 Å². The minimum Gasteiger partial charge on any atom is -0.446 e. The number of esters is 1. The van der Waals surface area contributed by atoms with Crippen LogP contribution in [0.2, 0.25) is 0 Å². The molecule has 0 saturated carbocycles. The molecule has 3 rings (SSSR count). The van der Waals surface area contributed by atoms with Crippen molar-refractivity contribution in [3.63, 3.8) is 0 Å². The number of nitrogens with one attached hydrogen (secondary N) is 1. The van der Waals surface area contributed by atoms with Crippen molar-refractivity contribution in [1.82, 2.24) is 9.97 Å². The molecule has 1 amide bonds. The molecule has 0 fully saturated rings. The lowest BCUT2D eigenvalue weighted by Crippen LogP contribution is -2.32. The van der Waals surface area contributed by atoms with Crippen LogP contribution in [-0.4, -0.2) is 35.4 Å². The van der Waals surface area contributed by atoms with Gasteiger partial charge in [-0.2, -0.15) is 0 Å². The number of benzene rings is 2. The third-order valence-electron chi connectivity index (χ3n) is 4.50. The van der Waals surface area contributed by atoms with E-state index in [1.54, 1.807) is 54.7 Å². The number of hydrogen-bond acceptors (Lipinski definition) is 6. The van der Waals surface area contributed by atoms with E-state index in [1.807, 2.05) is 38.1 Å². The summed E-state index contributed by atoms with van der Waals surface area (Å²) >= 11 is 0. The third kappa shape index (κ3) is 5.41. The standard InChI is InChI=1S/C23H24N4O3/c1-16-10-11-17(2)19(14-16)26-22(29)21(18-8-5-4-6-9-18)30-20(28)15-27(3)23-24-12-7-13-25-23/h4-14,21H,15H2,1-3H3,(H,26,29). The lowest BCUT2D eigenvalue weighted by Gasteiger charge is -2.21. The molecule has 1 heterocycles. The fraction of sp³-hybridized carbons (Fsp3) is 0.217. The Kier molecular flexibility index (Phi) is 6.75. The van der Waals surface area contributed by atoms with Crippen LogP contribution in [0.4, 0.5) is 11.6 Å². The van der Waals surface area contributed by atoms with Crippen molar-refractivity contribution in [2.24, 2.45) is 0 Å². The summed E-state index contributed by atoms with van der Waals surface area (Å²) in [6.07, 6.45) is 2.10. The second kappa shape index (κ2) is 9.65. The van der Waals surface area contributed by atoms with Gasteiger partial charge >= 0.3 is 5.97 Å². The van der Waals surface area contributed by atoms with Gasteiger partial charge < -0.3 is 15.0 Å². The summed E-state index contributed by atoms with van der Waals surface area (Å²) < 4.78 is 5.58. The summed E-state index contributed by atoms with van der Waals surface area (Å²) in [5.74, 6) is -0.581. The van der Waals surface area contributed by atoms with E-state index in [2.05, 4.69) is 15.3 Å². The van der Waals surface area contributed by atoms with E-state index >= 15 is 0 Å². The Hall–Kier alpha value is -3.74. The normalized spacial score (nSPS) is 11.4. The van der Waals surface area contributed by atoms with E-state index in [9.17, 15) is 9.59 Å². The molecule has 7 nitrogen and oxygen atoms in total. The molecule has 30 heavy (non-hydrogen) atoms. The van der Waals surface area contributed by atoms with Gasteiger partial charge in [-0.15, -0.1) is 0 Å². The van der Waals surface area contributed by atoms with Gasteiger partial charge in [0, 0.05) is 30.7 Å². The summed E-state index contributed by atoms with van der Waals surface area (Å²) in [4.78, 5) is 35.4. The van der Waals surface area contributed by atoms with E-state index in [0.717, 1.165) is 11.1 Å². The van der Waals surface area contributed by atoms with Gasteiger partial charge in [-0.3, -0.25) is 9.59 Å². The van der Waals surface area contributed by atoms with E-state index in [4.69, 9.17) is 4.74 Å². The van der Waals surface area contributed by atoms with Gasteiger partial charge in [-0.1, -0.05) is 42.5 Å². The Morgan fingerprint density at radius 2 is 1.73 bits per heavy atom. The molecule has 1 N–H and O–H groups in total. The molecule has 1 unspecified atom stereocenters. The highest BCUT2D eigenvalue weighted by atomic mass is 16.5. The predicted molar refractivity (Wildman–Crippen MR) is 115 cm³/mol. The first-order valence-electron chi connectivity index (χ1n) is 9.55. The van der Waals surface area contributed by atoms with Crippen molar-refractivity contribution in [3.05, 3.63) is 83.7 Å². The van der Waals surface area contributed by atoms with Crippen molar-refractivity contribution in [1.29, 1.82) is 0 Å². The van der Waals surface area contributed by atoms with Crippen molar-refractivity contribution in [2.75, 3.05) is 23.8 Å². The molecule has 0 aliphatic carbocycles. The van der Waals surface area contributed by atoms with Crippen LogP contribution in [0.1, 0.15) is 22.8 Å². The lowest BCUT2D eigenvalue weighted by atomic mass is 10.1. The molecular formula is C23H24N4O3. The van der Waals surface area contributed by atoms with Gasteiger partial charge in [-0.25, -0.2) is 9.97 Å². The molecule has 2 aromatic carbocycles. The van der Waals surface area contributed by atoms with Crippen LogP contribution in [0.5, 0.6) is 0 Å². The monoisotopic (exact) mass is 404 g/mol. The van der Waals surface area contributed by atoms with Crippen LogP contribution in [0.15, 0.2) is 67.0 Å². The number of nitrogens with zero attached hydrogens (tertiary/aromatic N) is 3. The van der Waals surface area contributed by atoms with Crippen LogP contribution < -0.4 is 10.2 Å². The highest BCUT2D eigenvalue weighted by Gasteiger charge is 2.26. The van der Waals surface area contributed by atoms with Crippen LogP contribution in [0, 0.1) is 13.8 Å². The van der Waals surface area contributed by atoms with E-state index < -0.39 is 18.0 Å². The Balaban J connectivity index is 1.76. The molecule has 0 bridgehead atoms. The highest BCUT2D eigenvalue weighted by Crippen LogP contribution is 2.23. The second-order valence-electron chi connectivity index (χ2n) is 6.99. The van der Waals surface area contributed by atoms with Crippen molar-refractivity contribution >= 4 is 23.5 Å². The van der Waals surface area contributed by atoms with Crippen molar-refractivity contribution < 1.29 is 14.3 Å². The molecule has 7 heteroatoms. The van der Waals surface area contributed by atoms with Crippen molar-refractivity contribution in [2.45, 2.75) is 20.0 Å². The molecule has 154 valence electrons. The summed E-state index contributed by atoms with van der Waals surface area (Å²) in [5.41, 5.74) is 3.22. The number of ether oxygens (including phenoxy) is 1. The predicted octanol–water partition coefficient (Wildman–Crippen LogP) is 3.45. The zero-order valence-corrected chi connectivity index (χ0v) is 17.2. The number of anilines is 2. The highest BCUT2D eigenvalue weighted by molar-refractivity contribution is 5.96. The lowest BCUT2D eigenvalue weighted by molar-refractivity contribution is -0.153. The molecule has 1 atom stereocenters. The maximum Gasteiger partial charge on any atom is 0.326 e.